The van der Waals surface area contributed by atoms with E-state index in [-0.39, 0.29) is 17.6 Å². The lowest BCUT2D eigenvalue weighted by molar-refractivity contribution is -0.323. The zero-order chi connectivity index (χ0) is 30.5. The minimum atomic E-state index is -1.73. The number of benzene rings is 2. The summed E-state index contributed by atoms with van der Waals surface area (Å²) in [6, 6.07) is 5.09. The summed E-state index contributed by atoms with van der Waals surface area (Å²) in [5, 5.41) is 84.0. The van der Waals surface area contributed by atoms with Gasteiger partial charge in [0.1, 0.15) is 66.1 Å². The van der Waals surface area contributed by atoms with Crippen molar-refractivity contribution < 1.29 is 69.3 Å². The lowest BCUT2D eigenvalue weighted by Gasteiger charge is -2.43. The summed E-state index contributed by atoms with van der Waals surface area (Å²) < 4.78 is 34.4. The molecule has 0 saturated carbocycles. The van der Waals surface area contributed by atoms with Crippen LogP contribution in [0.5, 0.6) is 17.2 Å². The maximum absolute atomic E-state index is 11.3. The third kappa shape index (κ3) is 5.42. The molecule has 14 nitrogen and oxygen atoms in total. The van der Waals surface area contributed by atoms with Crippen LogP contribution < -0.4 is 9.47 Å². The van der Waals surface area contributed by atoms with Crippen molar-refractivity contribution in [2.45, 2.75) is 93.9 Å². The third-order valence-electron chi connectivity index (χ3n) is 8.09. The monoisotopic (exact) mass is 598 g/mol. The van der Waals surface area contributed by atoms with Gasteiger partial charge in [0.05, 0.1) is 37.9 Å². The molecule has 5 rings (SSSR count). The summed E-state index contributed by atoms with van der Waals surface area (Å²) in [6.07, 6.45) is -16.0. The van der Waals surface area contributed by atoms with E-state index in [0.29, 0.717) is 34.1 Å². The van der Waals surface area contributed by atoms with Crippen LogP contribution >= 0.6 is 0 Å². The number of fused-ring (bicyclic) bond motifs is 2. The second-order valence-electron chi connectivity index (χ2n) is 10.9. The Kier molecular flexibility index (Phi) is 9.14. The van der Waals surface area contributed by atoms with Crippen molar-refractivity contribution in [2.75, 3.05) is 20.3 Å². The first-order valence-corrected chi connectivity index (χ1v) is 13.8. The molecule has 0 aromatic heterocycles. The molecule has 0 amide bonds. The Bertz CT molecular complexity index is 1260. The largest absolute Gasteiger partial charge is 0.507 e. The molecule has 2 fully saturated rings. The van der Waals surface area contributed by atoms with Gasteiger partial charge in [0.25, 0.3) is 0 Å². The van der Waals surface area contributed by atoms with Crippen molar-refractivity contribution in [3.63, 3.8) is 0 Å². The Morgan fingerprint density at radius 3 is 2.14 bits per heavy atom. The highest BCUT2D eigenvalue weighted by molar-refractivity contribution is 6.00. The van der Waals surface area contributed by atoms with E-state index < -0.39 is 80.7 Å². The Balaban J connectivity index is 1.45. The summed E-state index contributed by atoms with van der Waals surface area (Å²) in [5.41, 5.74) is 1.10. The molecule has 3 aliphatic rings. The lowest BCUT2D eigenvalue weighted by Crippen LogP contribution is -2.62. The van der Waals surface area contributed by atoms with Crippen LogP contribution in [0.25, 0.3) is 10.8 Å². The van der Waals surface area contributed by atoms with Crippen molar-refractivity contribution in [1.82, 2.24) is 0 Å². The van der Waals surface area contributed by atoms with Gasteiger partial charge in [-0.25, -0.2) is 0 Å². The van der Waals surface area contributed by atoms with Gasteiger partial charge in [-0.2, -0.15) is 0 Å². The van der Waals surface area contributed by atoms with Gasteiger partial charge in [-0.05, 0) is 19.9 Å². The number of aliphatic hydroxyl groups excluding tert-OH is 7. The standard InChI is InChI=1S/C28H38O14/c1-10-7-13-17(11(2)39-10)21(32)18-12(5-4-6-14(18)37-3)26(13)42-28-25(36)23(34)20(31)16(41-28)9-38-27-24(35)22(33)19(30)15(8-29)40-27/h4-6,10-11,15-16,19-20,22-25,27-36H,7-9H2,1-3H3. The van der Waals surface area contributed by atoms with Gasteiger partial charge in [-0.3, -0.25) is 0 Å². The van der Waals surface area contributed by atoms with Crippen LogP contribution in [0.15, 0.2) is 18.2 Å². The number of methoxy groups -OCH3 is 1. The third-order valence-corrected chi connectivity index (χ3v) is 8.09. The van der Waals surface area contributed by atoms with Crippen LogP contribution in [0.2, 0.25) is 0 Å². The van der Waals surface area contributed by atoms with Crippen LogP contribution in [0.3, 0.4) is 0 Å². The van der Waals surface area contributed by atoms with Gasteiger partial charge < -0.3 is 69.3 Å². The van der Waals surface area contributed by atoms with E-state index in [1.807, 2.05) is 6.92 Å². The fourth-order valence-corrected chi connectivity index (χ4v) is 5.89. The van der Waals surface area contributed by atoms with Crippen LogP contribution in [0, 0.1) is 0 Å². The second kappa shape index (κ2) is 12.3. The minimum absolute atomic E-state index is 0.0319. The Morgan fingerprint density at radius 1 is 0.833 bits per heavy atom. The number of hydrogen-bond acceptors (Lipinski definition) is 14. The van der Waals surface area contributed by atoms with E-state index in [1.54, 1.807) is 25.1 Å². The second-order valence-corrected chi connectivity index (χ2v) is 10.9. The van der Waals surface area contributed by atoms with E-state index in [1.165, 1.54) is 7.11 Å². The molecule has 2 saturated heterocycles. The average molecular weight is 599 g/mol. The van der Waals surface area contributed by atoms with Gasteiger partial charge >= 0.3 is 0 Å². The quantitative estimate of drug-likeness (QED) is 0.184. The number of rotatable bonds is 7. The SMILES string of the molecule is COc1cccc2c(OC3OC(COC4OC(CO)C(O)C(O)C4O)C(O)C(O)C3O)c3c(c(O)c12)C(C)OC(C)C3. The number of hydrogen-bond donors (Lipinski definition) is 8. The number of ether oxygens (including phenoxy) is 6. The molecule has 12 atom stereocenters. The average Bonchev–Trinajstić information content (AvgIpc) is 2.97. The van der Waals surface area contributed by atoms with Crippen molar-refractivity contribution >= 4 is 10.8 Å². The topological polar surface area (TPSA) is 217 Å². The maximum Gasteiger partial charge on any atom is 0.229 e. The first-order chi connectivity index (χ1) is 20.0. The highest BCUT2D eigenvalue weighted by atomic mass is 16.7. The number of aromatic hydroxyl groups is 1. The summed E-state index contributed by atoms with van der Waals surface area (Å²) in [4.78, 5) is 0. The molecule has 0 radical (unpaired) electrons. The molecule has 14 heteroatoms. The lowest BCUT2D eigenvalue weighted by atomic mass is 9.89. The molecular formula is C28H38O14. The zero-order valence-electron chi connectivity index (χ0n) is 23.3. The maximum atomic E-state index is 11.3. The zero-order valence-corrected chi connectivity index (χ0v) is 23.3. The summed E-state index contributed by atoms with van der Waals surface area (Å²) in [7, 11) is 1.46. The molecule has 42 heavy (non-hydrogen) atoms. The molecule has 3 heterocycles. The summed E-state index contributed by atoms with van der Waals surface area (Å²) in [6.45, 7) is 2.50. The molecule has 2 aromatic rings. The Hall–Kier alpha value is -2.34. The fourth-order valence-electron chi connectivity index (χ4n) is 5.89. The van der Waals surface area contributed by atoms with Gasteiger partial charge in [-0.15, -0.1) is 0 Å². The molecule has 0 spiro atoms. The predicted octanol–water partition coefficient (Wildman–Crippen LogP) is -1.42. The van der Waals surface area contributed by atoms with E-state index >= 15 is 0 Å². The van der Waals surface area contributed by atoms with Crippen molar-refractivity contribution in [3.8, 4) is 17.2 Å². The fraction of sp³-hybridized carbons (Fsp3) is 0.643. The molecule has 234 valence electrons. The molecule has 2 aromatic carbocycles. The molecule has 0 bridgehead atoms. The Labute approximate surface area is 241 Å². The van der Waals surface area contributed by atoms with Crippen LogP contribution in [-0.2, 0) is 25.4 Å². The number of aliphatic hydroxyl groups is 7. The smallest absolute Gasteiger partial charge is 0.229 e. The predicted molar refractivity (Wildman–Crippen MR) is 142 cm³/mol. The molecule has 8 N–H and O–H groups in total. The summed E-state index contributed by atoms with van der Waals surface area (Å²) in [5.74, 6) is 0.602. The number of phenols is 1. The van der Waals surface area contributed by atoms with E-state index in [9.17, 15) is 40.9 Å². The van der Waals surface area contributed by atoms with Crippen molar-refractivity contribution in [3.05, 3.63) is 29.3 Å². The molecule has 12 unspecified atom stereocenters. The number of phenolic OH excluding ortho intramolecular Hbond substituents is 1. The van der Waals surface area contributed by atoms with Gasteiger partial charge in [0.15, 0.2) is 6.29 Å². The van der Waals surface area contributed by atoms with Crippen molar-refractivity contribution in [1.29, 1.82) is 0 Å². The van der Waals surface area contributed by atoms with Gasteiger partial charge in [-0.1, -0.05) is 12.1 Å². The van der Waals surface area contributed by atoms with Crippen LogP contribution in [0.4, 0.5) is 0 Å². The van der Waals surface area contributed by atoms with Crippen LogP contribution in [-0.4, -0.2) is 129 Å². The van der Waals surface area contributed by atoms with E-state index in [4.69, 9.17) is 28.4 Å². The molecule has 3 aliphatic heterocycles. The molecule has 0 aliphatic carbocycles. The van der Waals surface area contributed by atoms with Gasteiger partial charge in [0, 0.05) is 22.9 Å². The normalized spacial score (nSPS) is 38.7. The van der Waals surface area contributed by atoms with Crippen molar-refractivity contribution in [2.24, 2.45) is 0 Å². The minimum Gasteiger partial charge on any atom is -0.507 e. The highest BCUT2D eigenvalue weighted by Crippen LogP contribution is 2.50. The van der Waals surface area contributed by atoms with Gasteiger partial charge in [0.2, 0.25) is 6.29 Å². The Morgan fingerprint density at radius 2 is 1.48 bits per heavy atom. The highest BCUT2D eigenvalue weighted by Gasteiger charge is 2.48. The summed E-state index contributed by atoms with van der Waals surface area (Å²) >= 11 is 0. The van der Waals surface area contributed by atoms with Crippen LogP contribution in [0.1, 0.15) is 31.1 Å². The van der Waals surface area contributed by atoms with E-state index in [0.717, 1.165) is 0 Å². The first-order valence-electron chi connectivity index (χ1n) is 13.8. The first kappa shape index (κ1) is 31.1. The van der Waals surface area contributed by atoms with E-state index in [2.05, 4.69) is 0 Å². The molecular weight excluding hydrogens is 560 g/mol.